The fourth-order valence-corrected chi connectivity index (χ4v) is 1.06. The Balaban J connectivity index is 2.89. The van der Waals surface area contributed by atoms with Crippen molar-refractivity contribution in [3.63, 3.8) is 0 Å². The first kappa shape index (κ1) is 7.76. The third-order valence-electron chi connectivity index (χ3n) is 1.44. The molecule has 0 aromatic heterocycles. The standard InChI is InChI=1S/C8H10BrN/c1-6(10)7-2-4-8(9)5-3-7/h2-6H,10H2,1H3/p+1/t6-/m0/s1. The van der Waals surface area contributed by atoms with Crippen molar-refractivity contribution in [2.75, 3.05) is 0 Å². The molecule has 0 bridgehead atoms. The van der Waals surface area contributed by atoms with E-state index in [1.54, 1.807) is 0 Å². The first-order valence-corrected chi connectivity index (χ1v) is 4.08. The molecule has 3 N–H and O–H groups in total. The molecule has 0 saturated heterocycles. The maximum absolute atomic E-state index is 3.92. The molecule has 0 radical (unpaired) electrons. The van der Waals surface area contributed by atoms with Crippen LogP contribution in [0.2, 0.25) is 0 Å². The molecule has 54 valence electrons. The van der Waals surface area contributed by atoms with E-state index in [0.29, 0.717) is 6.04 Å². The van der Waals surface area contributed by atoms with E-state index in [1.165, 1.54) is 5.56 Å². The molecule has 1 atom stereocenters. The van der Waals surface area contributed by atoms with Crippen LogP contribution < -0.4 is 5.73 Å². The maximum atomic E-state index is 3.92. The molecule has 10 heavy (non-hydrogen) atoms. The second kappa shape index (κ2) is 3.17. The molecule has 0 aliphatic rings. The van der Waals surface area contributed by atoms with Crippen molar-refractivity contribution in [1.82, 2.24) is 0 Å². The third-order valence-corrected chi connectivity index (χ3v) is 1.97. The highest BCUT2D eigenvalue weighted by Crippen LogP contribution is 2.13. The van der Waals surface area contributed by atoms with Crippen LogP contribution >= 0.6 is 15.9 Å². The molecule has 0 unspecified atom stereocenters. The van der Waals surface area contributed by atoms with Gasteiger partial charge in [-0.3, -0.25) is 0 Å². The number of hydrogen-bond donors (Lipinski definition) is 1. The molecule has 0 aliphatic carbocycles. The fraction of sp³-hybridized carbons (Fsp3) is 0.250. The van der Waals surface area contributed by atoms with Gasteiger partial charge in [-0.05, 0) is 19.1 Å². The van der Waals surface area contributed by atoms with E-state index in [1.807, 2.05) is 12.1 Å². The van der Waals surface area contributed by atoms with Crippen molar-refractivity contribution in [2.24, 2.45) is 0 Å². The van der Waals surface area contributed by atoms with Gasteiger partial charge in [-0.2, -0.15) is 0 Å². The van der Waals surface area contributed by atoms with E-state index >= 15 is 0 Å². The minimum absolute atomic E-state index is 0.382. The SMILES string of the molecule is C[C@H]([NH3+])c1ccc(Br)cc1. The number of benzene rings is 1. The summed E-state index contributed by atoms with van der Waals surface area (Å²) in [5.41, 5.74) is 5.20. The summed E-state index contributed by atoms with van der Waals surface area (Å²) < 4.78 is 1.12. The summed E-state index contributed by atoms with van der Waals surface area (Å²) in [7, 11) is 0. The van der Waals surface area contributed by atoms with Crippen molar-refractivity contribution in [1.29, 1.82) is 0 Å². The average molecular weight is 201 g/mol. The maximum Gasteiger partial charge on any atom is 0.107 e. The Hall–Kier alpha value is -0.340. The Bertz CT molecular complexity index is 203. The molecule has 1 rings (SSSR count). The normalized spacial score (nSPS) is 13.1. The van der Waals surface area contributed by atoms with Gasteiger partial charge in [0.25, 0.3) is 0 Å². The van der Waals surface area contributed by atoms with Crippen LogP contribution in [-0.2, 0) is 0 Å². The van der Waals surface area contributed by atoms with Crippen LogP contribution in [0.25, 0.3) is 0 Å². The number of hydrogen-bond acceptors (Lipinski definition) is 0. The number of quaternary nitrogens is 1. The smallest absolute Gasteiger partial charge is 0.107 e. The highest BCUT2D eigenvalue weighted by atomic mass is 79.9. The molecular weight excluding hydrogens is 190 g/mol. The lowest BCUT2D eigenvalue weighted by molar-refractivity contribution is -0.420. The van der Waals surface area contributed by atoms with E-state index in [-0.39, 0.29) is 0 Å². The molecule has 0 amide bonds. The molecule has 0 saturated carbocycles. The van der Waals surface area contributed by atoms with Gasteiger partial charge in [0.15, 0.2) is 0 Å². The largest absolute Gasteiger partial charge is 0.352 e. The molecule has 1 aromatic rings. The fourth-order valence-electron chi connectivity index (χ4n) is 0.791. The lowest BCUT2D eigenvalue weighted by Gasteiger charge is -2.00. The summed E-state index contributed by atoms with van der Waals surface area (Å²) >= 11 is 3.37. The predicted octanol–water partition coefficient (Wildman–Crippen LogP) is 1.75. The van der Waals surface area contributed by atoms with Crippen LogP contribution in [0.4, 0.5) is 0 Å². The van der Waals surface area contributed by atoms with Crippen LogP contribution in [0.1, 0.15) is 18.5 Å². The molecule has 1 aromatic carbocycles. The van der Waals surface area contributed by atoms with Crippen molar-refractivity contribution >= 4 is 15.9 Å². The second-order valence-corrected chi connectivity index (χ2v) is 3.37. The van der Waals surface area contributed by atoms with Crippen LogP contribution in [-0.4, -0.2) is 0 Å². The topological polar surface area (TPSA) is 27.6 Å². The van der Waals surface area contributed by atoms with Gasteiger partial charge >= 0.3 is 0 Å². The van der Waals surface area contributed by atoms with E-state index in [4.69, 9.17) is 0 Å². The highest BCUT2D eigenvalue weighted by molar-refractivity contribution is 9.10. The van der Waals surface area contributed by atoms with Crippen LogP contribution in [0.15, 0.2) is 28.7 Å². The minimum Gasteiger partial charge on any atom is -0.352 e. The summed E-state index contributed by atoms with van der Waals surface area (Å²) in [6, 6.07) is 8.63. The van der Waals surface area contributed by atoms with Crippen molar-refractivity contribution < 1.29 is 5.73 Å². The van der Waals surface area contributed by atoms with Crippen LogP contribution in [0.5, 0.6) is 0 Å². The summed E-state index contributed by atoms with van der Waals surface area (Å²) in [5, 5.41) is 0. The van der Waals surface area contributed by atoms with Gasteiger partial charge < -0.3 is 5.73 Å². The molecule has 0 fully saturated rings. The van der Waals surface area contributed by atoms with Gasteiger partial charge in [0.2, 0.25) is 0 Å². The number of rotatable bonds is 1. The zero-order chi connectivity index (χ0) is 7.56. The summed E-state index contributed by atoms with van der Waals surface area (Å²) in [4.78, 5) is 0. The van der Waals surface area contributed by atoms with E-state index in [0.717, 1.165) is 4.47 Å². The lowest BCUT2D eigenvalue weighted by Crippen LogP contribution is -2.51. The third kappa shape index (κ3) is 1.82. The monoisotopic (exact) mass is 200 g/mol. The molecular formula is C8H11BrN+. The van der Waals surface area contributed by atoms with Crippen molar-refractivity contribution in [3.05, 3.63) is 34.3 Å². The Morgan fingerprint density at radius 1 is 1.30 bits per heavy atom. The summed E-state index contributed by atoms with van der Waals surface area (Å²) in [5.74, 6) is 0. The van der Waals surface area contributed by atoms with Crippen molar-refractivity contribution in [2.45, 2.75) is 13.0 Å². The highest BCUT2D eigenvalue weighted by Gasteiger charge is 1.99. The van der Waals surface area contributed by atoms with Crippen LogP contribution in [0.3, 0.4) is 0 Å². The van der Waals surface area contributed by atoms with Gasteiger partial charge in [-0.25, -0.2) is 0 Å². The first-order valence-electron chi connectivity index (χ1n) is 3.28. The van der Waals surface area contributed by atoms with Gasteiger partial charge in [0.05, 0.1) is 0 Å². The van der Waals surface area contributed by atoms with Gasteiger partial charge in [0.1, 0.15) is 6.04 Å². The predicted molar refractivity (Wildman–Crippen MR) is 45.4 cm³/mol. The van der Waals surface area contributed by atoms with Crippen molar-refractivity contribution in [3.8, 4) is 0 Å². The van der Waals surface area contributed by atoms with E-state index in [9.17, 15) is 0 Å². The van der Waals surface area contributed by atoms with Crippen LogP contribution in [0, 0.1) is 0 Å². The Labute approximate surface area is 69.4 Å². The zero-order valence-electron chi connectivity index (χ0n) is 5.97. The molecule has 0 spiro atoms. The second-order valence-electron chi connectivity index (χ2n) is 2.45. The number of halogens is 1. The lowest BCUT2D eigenvalue weighted by atomic mass is 10.1. The molecule has 1 nitrogen and oxygen atoms in total. The Kier molecular flexibility index (Phi) is 2.46. The van der Waals surface area contributed by atoms with E-state index < -0.39 is 0 Å². The first-order chi connectivity index (χ1) is 4.70. The quantitative estimate of drug-likeness (QED) is 0.716. The van der Waals surface area contributed by atoms with Gasteiger partial charge in [-0.15, -0.1) is 0 Å². The van der Waals surface area contributed by atoms with Gasteiger partial charge in [0, 0.05) is 10.0 Å². The average Bonchev–Trinajstić information content (AvgIpc) is 1.88. The molecule has 2 heteroatoms. The van der Waals surface area contributed by atoms with Gasteiger partial charge in [-0.1, -0.05) is 28.1 Å². The summed E-state index contributed by atoms with van der Waals surface area (Å²) in [6.07, 6.45) is 0. The summed E-state index contributed by atoms with van der Waals surface area (Å²) in [6.45, 7) is 2.09. The molecule has 0 heterocycles. The molecule has 0 aliphatic heterocycles. The zero-order valence-corrected chi connectivity index (χ0v) is 7.56. The Morgan fingerprint density at radius 3 is 2.20 bits per heavy atom. The minimum atomic E-state index is 0.382. The van der Waals surface area contributed by atoms with E-state index in [2.05, 4.69) is 40.7 Å². The Morgan fingerprint density at radius 2 is 1.80 bits per heavy atom.